The van der Waals surface area contributed by atoms with Crippen LogP contribution in [0.1, 0.15) is 31.9 Å². The Morgan fingerprint density at radius 2 is 1.95 bits per heavy atom. The molecule has 0 amide bonds. The second kappa shape index (κ2) is 5.23. The minimum atomic E-state index is 0.196. The van der Waals surface area contributed by atoms with Crippen LogP contribution in [0.3, 0.4) is 0 Å². The molecule has 3 nitrogen and oxygen atoms in total. The molecular weight excluding hydrogens is 248 g/mol. The Bertz CT molecular complexity index is 589. The SMILES string of the molecule is CC(C)(C)c1ccc2[nH]cc(CN3CCOCC3)c2c1. The van der Waals surface area contributed by atoms with Gasteiger partial charge in [0.05, 0.1) is 13.2 Å². The van der Waals surface area contributed by atoms with Gasteiger partial charge in [-0.25, -0.2) is 0 Å². The Labute approximate surface area is 120 Å². The average molecular weight is 272 g/mol. The van der Waals surface area contributed by atoms with E-state index < -0.39 is 0 Å². The smallest absolute Gasteiger partial charge is 0.0594 e. The standard InChI is InChI=1S/C17H24N2O/c1-17(2,3)14-4-5-16-15(10-14)13(11-18-16)12-19-6-8-20-9-7-19/h4-5,10-11,18H,6-9,12H2,1-3H3. The molecule has 1 aromatic heterocycles. The summed E-state index contributed by atoms with van der Waals surface area (Å²) in [6.45, 7) is 11.6. The van der Waals surface area contributed by atoms with Crippen LogP contribution in [0.25, 0.3) is 10.9 Å². The van der Waals surface area contributed by atoms with E-state index in [-0.39, 0.29) is 5.41 Å². The Kier molecular flexibility index (Phi) is 3.57. The van der Waals surface area contributed by atoms with Crippen molar-refractivity contribution in [1.82, 2.24) is 9.88 Å². The summed E-state index contributed by atoms with van der Waals surface area (Å²) >= 11 is 0. The molecule has 3 heteroatoms. The quantitative estimate of drug-likeness (QED) is 0.908. The van der Waals surface area contributed by atoms with Crippen molar-refractivity contribution >= 4 is 10.9 Å². The molecule has 0 aliphatic carbocycles. The van der Waals surface area contributed by atoms with E-state index in [0.717, 1.165) is 32.8 Å². The van der Waals surface area contributed by atoms with E-state index in [1.54, 1.807) is 0 Å². The molecule has 1 aliphatic heterocycles. The molecule has 0 bridgehead atoms. The van der Waals surface area contributed by atoms with Gasteiger partial charge >= 0.3 is 0 Å². The van der Waals surface area contributed by atoms with Crippen LogP contribution < -0.4 is 0 Å². The van der Waals surface area contributed by atoms with Crippen molar-refractivity contribution in [3.63, 3.8) is 0 Å². The van der Waals surface area contributed by atoms with Crippen molar-refractivity contribution in [2.24, 2.45) is 0 Å². The molecule has 2 heterocycles. The van der Waals surface area contributed by atoms with Crippen LogP contribution in [0.4, 0.5) is 0 Å². The summed E-state index contributed by atoms with van der Waals surface area (Å²) < 4.78 is 5.42. The number of H-pyrrole nitrogens is 1. The van der Waals surface area contributed by atoms with Gasteiger partial charge in [0.1, 0.15) is 0 Å². The fraction of sp³-hybridized carbons (Fsp3) is 0.529. The minimum absolute atomic E-state index is 0.196. The number of aromatic nitrogens is 1. The molecule has 0 spiro atoms. The molecule has 108 valence electrons. The van der Waals surface area contributed by atoms with Crippen LogP contribution in [0.5, 0.6) is 0 Å². The van der Waals surface area contributed by atoms with Crippen molar-refractivity contribution < 1.29 is 4.74 Å². The van der Waals surface area contributed by atoms with Crippen molar-refractivity contribution in [3.8, 4) is 0 Å². The number of benzene rings is 1. The van der Waals surface area contributed by atoms with Crippen LogP contribution >= 0.6 is 0 Å². The molecule has 0 saturated carbocycles. The van der Waals surface area contributed by atoms with E-state index in [1.165, 1.54) is 22.0 Å². The molecule has 0 unspecified atom stereocenters. The summed E-state index contributed by atoms with van der Waals surface area (Å²) in [5, 5.41) is 1.36. The maximum Gasteiger partial charge on any atom is 0.0594 e. The number of rotatable bonds is 2. The van der Waals surface area contributed by atoms with Crippen molar-refractivity contribution in [2.45, 2.75) is 32.7 Å². The Hall–Kier alpha value is -1.32. The second-order valence-electron chi connectivity index (χ2n) is 6.71. The van der Waals surface area contributed by atoms with Gasteiger partial charge in [-0.15, -0.1) is 0 Å². The number of ether oxygens (including phenoxy) is 1. The fourth-order valence-corrected chi connectivity index (χ4v) is 2.78. The zero-order valence-electron chi connectivity index (χ0n) is 12.7. The summed E-state index contributed by atoms with van der Waals surface area (Å²) in [6, 6.07) is 6.79. The number of nitrogens with zero attached hydrogens (tertiary/aromatic N) is 1. The molecule has 2 aromatic rings. The van der Waals surface area contributed by atoms with Gasteiger partial charge in [0.25, 0.3) is 0 Å². The fourth-order valence-electron chi connectivity index (χ4n) is 2.78. The minimum Gasteiger partial charge on any atom is -0.379 e. The summed E-state index contributed by atoms with van der Waals surface area (Å²) in [5.74, 6) is 0. The number of fused-ring (bicyclic) bond motifs is 1. The maximum atomic E-state index is 5.42. The van der Waals surface area contributed by atoms with Crippen LogP contribution in [0, 0.1) is 0 Å². The molecule has 0 atom stereocenters. The van der Waals surface area contributed by atoms with E-state index in [2.05, 4.69) is 55.1 Å². The number of hydrogen-bond acceptors (Lipinski definition) is 2. The van der Waals surface area contributed by atoms with Crippen molar-refractivity contribution in [3.05, 3.63) is 35.5 Å². The third-order valence-corrected chi connectivity index (χ3v) is 4.13. The Morgan fingerprint density at radius 3 is 2.65 bits per heavy atom. The normalized spacial score (nSPS) is 17.8. The number of hydrogen-bond donors (Lipinski definition) is 1. The first-order chi connectivity index (χ1) is 9.54. The molecule has 1 aliphatic rings. The monoisotopic (exact) mass is 272 g/mol. The highest BCUT2D eigenvalue weighted by Gasteiger charge is 2.17. The molecule has 1 saturated heterocycles. The lowest BCUT2D eigenvalue weighted by Gasteiger charge is -2.26. The van der Waals surface area contributed by atoms with Gasteiger partial charge in [0.2, 0.25) is 0 Å². The van der Waals surface area contributed by atoms with Crippen LogP contribution in [-0.4, -0.2) is 36.2 Å². The lowest BCUT2D eigenvalue weighted by atomic mass is 9.86. The Morgan fingerprint density at radius 1 is 1.20 bits per heavy atom. The second-order valence-corrected chi connectivity index (χ2v) is 6.71. The first-order valence-electron chi connectivity index (χ1n) is 7.44. The van der Waals surface area contributed by atoms with Gasteiger partial charge in [-0.05, 0) is 28.7 Å². The predicted molar refractivity (Wildman–Crippen MR) is 83.1 cm³/mol. The zero-order chi connectivity index (χ0) is 14.2. The highest BCUT2D eigenvalue weighted by molar-refractivity contribution is 5.84. The number of nitrogens with one attached hydrogen (secondary N) is 1. The first-order valence-corrected chi connectivity index (χ1v) is 7.44. The Balaban J connectivity index is 1.90. The van der Waals surface area contributed by atoms with E-state index in [0.29, 0.717) is 0 Å². The van der Waals surface area contributed by atoms with Gasteiger partial charge in [-0.2, -0.15) is 0 Å². The van der Waals surface area contributed by atoms with Gasteiger partial charge < -0.3 is 9.72 Å². The van der Waals surface area contributed by atoms with Gasteiger partial charge in [-0.3, -0.25) is 4.90 Å². The summed E-state index contributed by atoms with van der Waals surface area (Å²) in [6.07, 6.45) is 2.16. The van der Waals surface area contributed by atoms with Crippen LogP contribution in [0.2, 0.25) is 0 Å². The third-order valence-electron chi connectivity index (χ3n) is 4.13. The average Bonchev–Trinajstić information content (AvgIpc) is 2.82. The van der Waals surface area contributed by atoms with Crippen LogP contribution in [0.15, 0.2) is 24.4 Å². The molecule has 1 aromatic carbocycles. The molecule has 1 fully saturated rings. The van der Waals surface area contributed by atoms with Crippen molar-refractivity contribution in [2.75, 3.05) is 26.3 Å². The molecule has 1 N–H and O–H groups in total. The van der Waals surface area contributed by atoms with E-state index in [9.17, 15) is 0 Å². The molecular formula is C17H24N2O. The largest absolute Gasteiger partial charge is 0.379 e. The number of aromatic amines is 1. The topological polar surface area (TPSA) is 28.3 Å². The highest BCUT2D eigenvalue weighted by Crippen LogP contribution is 2.28. The number of morpholine rings is 1. The van der Waals surface area contributed by atoms with Crippen LogP contribution in [-0.2, 0) is 16.7 Å². The molecule has 20 heavy (non-hydrogen) atoms. The first kappa shape index (κ1) is 13.7. The highest BCUT2D eigenvalue weighted by atomic mass is 16.5. The third kappa shape index (κ3) is 2.74. The lowest BCUT2D eigenvalue weighted by molar-refractivity contribution is 0.0343. The van der Waals surface area contributed by atoms with Crippen molar-refractivity contribution in [1.29, 1.82) is 0 Å². The zero-order valence-corrected chi connectivity index (χ0v) is 12.7. The lowest BCUT2D eigenvalue weighted by Crippen LogP contribution is -2.35. The van der Waals surface area contributed by atoms with E-state index in [4.69, 9.17) is 4.74 Å². The maximum absolute atomic E-state index is 5.42. The van der Waals surface area contributed by atoms with Gasteiger partial charge in [-0.1, -0.05) is 26.8 Å². The van der Waals surface area contributed by atoms with E-state index >= 15 is 0 Å². The predicted octanol–water partition coefficient (Wildman–Crippen LogP) is 3.30. The summed E-state index contributed by atoms with van der Waals surface area (Å²) in [7, 11) is 0. The van der Waals surface area contributed by atoms with Gasteiger partial charge in [0, 0.05) is 36.7 Å². The van der Waals surface area contributed by atoms with E-state index in [1.807, 2.05) is 0 Å². The summed E-state index contributed by atoms with van der Waals surface area (Å²) in [4.78, 5) is 5.87. The van der Waals surface area contributed by atoms with Gasteiger partial charge in [0.15, 0.2) is 0 Å². The molecule has 0 radical (unpaired) electrons. The summed E-state index contributed by atoms with van der Waals surface area (Å²) in [5.41, 5.74) is 4.23. The molecule has 3 rings (SSSR count).